The fourth-order valence-electron chi connectivity index (χ4n) is 3.50. The Morgan fingerprint density at radius 1 is 1.08 bits per heavy atom. The van der Waals surface area contributed by atoms with Crippen molar-refractivity contribution in [2.45, 2.75) is 24.5 Å². The molecule has 0 spiro atoms. The second kappa shape index (κ2) is 11.3. The van der Waals surface area contributed by atoms with Crippen LogP contribution in [-0.4, -0.2) is 75.1 Å². The summed E-state index contributed by atoms with van der Waals surface area (Å²) >= 11 is 4.02. The van der Waals surface area contributed by atoms with E-state index in [1.807, 2.05) is 0 Å². The number of nitrogen functional groups attached to an aromatic ring is 1. The minimum Gasteiger partial charge on any atom is -0.451 e. The maximum Gasteiger partial charge on any atom is 0.488 e. The summed E-state index contributed by atoms with van der Waals surface area (Å²) in [6, 6.07) is 7.78. The summed E-state index contributed by atoms with van der Waals surface area (Å²) < 4.78 is 48.9. The number of fused-ring (bicyclic) bond motifs is 1. The number of phosphoric ester groups is 1. The average molecular weight is 627 g/mol. The van der Waals surface area contributed by atoms with Gasteiger partial charge in [0.1, 0.15) is 24.1 Å². The number of carbonyl (C=O) groups excluding carboxylic acids is 1. The molecule has 3 aromatic rings. The van der Waals surface area contributed by atoms with Crippen LogP contribution in [0.1, 0.15) is 16.6 Å². The number of aliphatic hydroxyl groups is 1. The highest BCUT2D eigenvalue weighted by Crippen LogP contribution is 2.66. The minimum atomic E-state index is -5.56. The number of nitrogens with two attached hydrogens (primary N) is 1. The molecule has 1 saturated heterocycles. The van der Waals surface area contributed by atoms with Gasteiger partial charge in [-0.25, -0.2) is 33.2 Å². The number of nitrogens with zero attached hydrogens (tertiary/aromatic N) is 4. The number of imidazole rings is 1. The molecule has 4 rings (SSSR count). The molecule has 3 heterocycles. The van der Waals surface area contributed by atoms with E-state index >= 15 is 0 Å². The summed E-state index contributed by atoms with van der Waals surface area (Å²) in [5.74, 6) is -0.813. The zero-order chi connectivity index (χ0) is 28.6. The quantitative estimate of drug-likeness (QED) is 0.131. The average Bonchev–Trinajstić information content (AvgIpc) is 3.38. The largest absolute Gasteiger partial charge is 0.488 e. The number of anilines is 1. The third-order valence-corrected chi connectivity index (χ3v) is 9.45. The molecular formula is C17H20N5O13P3S. The van der Waals surface area contributed by atoms with Crippen molar-refractivity contribution in [3.05, 3.63) is 48.5 Å². The predicted octanol–water partition coefficient (Wildman–Crippen LogP) is 0.352. The Bertz CT molecular complexity index is 1500. The van der Waals surface area contributed by atoms with E-state index < -0.39 is 59.5 Å². The van der Waals surface area contributed by atoms with E-state index in [1.54, 1.807) is 18.2 Å². The molecule has 1 aliphatic rings. The Labute approximate surface area is 223 Å². The lowest BCUT2D eigenvalue weighted by molar-refractivity contribution is -0.0558. The van der Waals surface area contributed by atoms with Crippen molar-refractivity contribution in [1.29, 1.82) is 0 Å². The van der Waals surface area contributed by atoms with Crippen molar-refractivity contribution in [1.82, 2.24) is 19.5 Å². The van der Waals surface area contributed by atoms with E-state index in [0.717, 1.165) is 6.33 Å². The van der Waals surface area contributed by atoms with Gasteiger partial charge < -0.3 is 39.9 Å². The van der Waals surface area contributed by atoms with Crippen LogP contribution in [0.25, 0.3) is 11.2 Å². The van der Waals surface area contributed by atoms with Crippen molar-refractivity contribution in [3.63, 3.8) is 0 Å². The van der Waals surface area contributed by atoms with E-state index in [0.29, 0.717) is 0 Å². The number of rotatable bonds is 10. The van der Waals surface area contributed by atoms with Crippen molar-refractivity contribution in [3.8, 4) is 0 Å². The van der Waals surface area contributed by atoms with Gasteiger partial charge in [0.15, 0.2) is 23.8 Å². The van der Waals surface area contributed by atoms with Crippen LogP contribution < -0.4 is 5.73 Å². The Kier molecular flexibility index (Phi) is 8.66. The molecule has 1 aliphatic heterocycles. The van der Waals surface area contributed by atoms with Gasteiger partial charge in [-0.15, -0.1) is 0 Å². The van der Waals surface area contributed by atoms with E-state index in [9.17, 15) is 28.8 Å². The molecule has 0 saturated carbocycles. The number of aromatic nitrogens is 4. The normalized spacial score (nSPS) is 24.7. The fraction of sp³-hybridized carbons (Fsp3) is 0.294. The molecular weight excluding hydrogens is 607 g/mol. The molecule has 212 valence electrons. The van der Waals surface area contributed by atoms with Crippen LogP contribution >= 0.6 is 22.4 Å². The van der Waals surface area contributed by atoms with Crippen LogP contribution in [0, 0.1) is 0 Å². The molecule has 2 aromatic heterocycles. The number of esters is 1. The van der Waals surface area contributed by atoms with E-state index in [-0.39, 0.29) is 22.5 Å². The van der Waals surface area contributed by atoms with Crippen molar-refractivity contribution >= 4 is 57.1 Å². The lowest BCUT2D eigenvalue weighted by Crippen LogP contribution is -2.37. The van der Waals surface area contributed by atoms with E-state index in [2.05, 4.69) is 39.9 Å². The van der Waals surface area contributed by atoms with Gasteiger partial charge in [-0.1, -0.05) is 18.2 Å². The molecule has 22 heteroatoms. The summed E-state index contributed by atoms with van der Waals surface area (Å²) in [5.41, 5.74) is 6.27. The van der Waals surface area contributed by atoms with E-state index in [1.165, 1.54) is 23.0 Å². The summed E-state index contributed by atoms with van der Waals surface area (Å²) in [7, 11) is -11.0. The van der Waals surface area contributed by atoms with Crippen LogP contribution in [0.3, 0.4) is 0 Å². The molecule has 0 amide bonds. The van der Waals surface area contributed by atoms with Crippen LogP contribution in [-0.2, 0) is 43.6 Å². The lowest BCUT2D eigenvalue weighted by atomic mass is 10.1. The maximum atomic E-state index is 12.8. The number of aliphatic hydroxyl groups excluding tert-OH is 1. The molecule has 1 aromatic carbocycles. The molecule has 7 N–H and O–H groups in total. The topological polar surface area (TPSA) is 268 Å². The first-order valence-corrected chi connectivity index (χ1v) is 16.1. The lowest BCUT2D eigenvalue weighted by Gasteiger charge is -2.22. The molecule has 0 bridgehead atoms. The maximum absolute atomic E-state index is 12.8. The van der Waals surface area contributed by atoms with Crippen LogP contribution in [0.4, 0.5) is 5.82 Å². The smallest absolute Gasteiger partial charge is 0.451 e. The van der Waals surface area contributed by atoms with E-state index in [4.69, 9.17) is 25.0 Å². The van der Waals surface area contributed by atoms with Gasteiger partial charge in [0.2, 0.25) is 0 Å². The summed E-state index contributed by atoms with van der Waals surface area (Å²) in [5, 5.41) is 10.9. The highest BCUT2D eigenvalue weighted by molar-refractivity contribution is 8.08. The summed E-state index contributed by atoms with van der Waals surface area (Å²) in [6.45, 7) is -5.72. The molecule has 0 aliphatic carbocycles. The Hall–Kier alpha value is -2.21. The van der Waals surface area contributed by atoms with Crippen molar-refractivity contribution < 1.29 is 61.2 Å². The van der Waals surface area contributed by atoms with Crippen molar-refractivity contribution in [2.75, 3.05) is 12.3 Å². The molecule has 2 unspecified atom stereocenters. The number of benzene rings is 1. The number of hydrogen-bond acceptors (Lipinski definition) is 14. The zero-order valence-corrected chi connectivity index (χ0v) is 22.7. The Morgan fingerprint density at radius 3 is 2.44 bits per heavy atom. The van der Waals surface area contributed by atoms with Gasteiger partial charge in [-0.3, -0.25) is 9.09 Å². The van der Waals surface area contributed by atoms with Gasteiger partial charge in [0, 0.05) is 0 Å². The molecule has 0 radical (unpaired) electrons. The highest BCUT2D eigenvalue weighted by Gasteiger charge is 2.49. The highest BCUT2D eigenvalue weighted by atomic mass is 32.5. The zero-order valence-electron chi connectivity index (χ0n) is 19.2. The molecule has 1 fully saturated rings. The third kappa shape index (κ3) is 7.31. The SMILES string of the molecule is Nc1ncnc2c1ncn2[C@@H]1O[C@H](COP(=O)(O)OP(=O)(O)OP(O)(O)=S)[C@@H](O)[C@H]1OC(=O)c1ccccc1. The number of hydrogen-bond donors (Lipinski definition) is 6. The molecule has 18 nitrogen and oxygen atoms in total. The number of ether oxygens (including phenoxy) is 2. The van der Waals surface area contributed by atoms with Gasteiger partial charge in [0.25, 0.3) is 0 Å². The first-order chi connectivity index (χ1) is 18.2. The Morgan fingerprint density at radius 2 is 1.77 bits per heavy atom. The second-order valence-corrected chi connectivity index (χ2v) is 13.6. The molecule has 6 atom stereocenters. The fourth-order valence-corrected chi connectivity index (χ4v) is 7.29. The number of phosphoric acid groups is 2. The Balaban J connectivity index is 1.57. The van der Waals surface area contributed by atoms with Gasteiger partial charge in [-0.2, -0.15) is 4.31 Å². The number of carbonyl (C=O) groups is 1. The monoisotopic (exact) mass is 627 g/mol. The molecule has 39 heavy (non-hydrogen) atoms. The second-order valence-electron chi connectivity index (χ2n) is 7.76. The summed E-state index contributed by atoms with van der Waals surface area (Å²) in [6.07, 6.45) is -3.60. The van der Waals surface area contributed by atoms with Gasteiger partial charge in [0.05, 0.1) is 18.5 Å². The van der Waals surface area contributed by atoms with Crippen LogP contribution in [0.5, 0.6) is 0 Å². The summed E-state index contributed by atoms with van der Waals surface area (Å²) in [4.78, 5) is 62.0. The first-order valence-electron chi connectivity index (χ1n) is 10.5. The standard InChI is InChI=1S/C17H20N5O13P3S/c18-14-11-15(20-7-19-14)22(8-21-11)16-13(33-17(24)9-4-2-1-3-5-9)12(23)10(32-16)6-31-36(25,26)34-37(27,28)35-38(29,30)39/h1-5,7-8,10,12-13,16,23H,6H2,(H,25,26)(H,27,28)(H2,18,19,20)(H2,29,30,39)/t10-,12-,13-,16-/m1/s1. The first kappa shape index (κ1) is 29.8. The third-order valence-electron chi connectivity index (χ3n) is 5.04. The van der Waals surface area contributed by atoms with Gasteiger partial charge >= 0.3 is 28.3 Å². The van der Waals surface area contributed by atoms with Crippen molar-refractivity contribution in [2.24, 2.45) is 0 Å². The predicted molar refractivity (Wildman–Crippen MR) is 132 cm³/mol. The van der Waals surface area contributed by atoms with Gasteiger partial charge in [-0.05, 0) is 23.9 Å². The minimum absolute atomic E-state index is 0.0281. The van der Waals surface area contributed by atoms with Crippen LogP contribution in [0.2, 0.25) is 0 Å². The van der Waals surface area contributed by atoms with Crippen LogP contribution in [0.15, 0.2) is 43.0 Å².